The number of benzene rings is 7. The second-order valence-electron chi connectivity index (χ2n) is 22.1. The van der Waals surface area contributed by atoms with E-state index >= 15 is 0 Å². The minimum atomic E-state index is 0.0616. The number of fused-ring (bicyclic) bond motifs is 16. The summed E-state index contributed by atoms with van der Waals surface area (Å²) in [5, 5.41) is 0. The molecule has 0 radical (unpaired) electrons. The third kappa shape index (κ3) is 5.82. The van der Waals surface area contributed by atoms with Crippen molar-refractivity contribution in [3.8, 4) is 44.5 Å². The summed E-state index contributed by atoms with van der Waals surface area (Å²) in [5.41, 5.74) is 20.8. The Labute approximate surface area is 388 Å². The van der Waals surface area contributed by atoms with Crippen LogP contribution in [0.4, 0.5) is 17.1 Å². The van der Waals surface area contributed by atoms with E-state index in [1.807, 2.05) is 0 Å². The Kier molecular flexibility index (Phi) is 9.12. The highest BCUT2D eigenvalue weighted by molar-refractivity contribution is 5.92. The average Bonchev–Trinajstić information content (AvgIpc) is 3.79. The fourth-order valence-electron chi connectivity index (χ4n) is 16.5. The number of anilines is 3. The molecule has 0 amide bonds. The molecule has 6 aliphatic carbocycles. The van der Waals surface area contributed by atoms with E-state index in [0.717, 1.165) is 23.7 Å². The molecule has 2 spiro atoms. The van der Waals surface area contributed by atoms with Crippen molar-refractivity contribution in [2.24, 2.45) is 47.3 Å². The third-order valence-corrected chi connectivity index (χ3v) is 18.4. The monoisotopic (exact) mass is 845 g/mol. The highest BCUT2D eigenvalue weighted by Crippen LogP contribution is 2.67. The largest absolute Gasteiger partial charge is 0.310 e. The van der Waals surface area contributed by atoms with Gasteiger partial charge in [0.2, 0.25) is 0 Å². The van der Waals surface area contributed by atoms with Gasteiger partial charge in [-0.15, -0.1) is 0 Å². The van der Waals surface area contributed by atoms with Gasteiger partial charge < -0.3 is 4.90 Å². The lowest BCUT2D eigenvalue weighted by Gasteiger charge is -2.54. The zero-order valence-corrected chi connectivity index (χ0v) is 38.8. The van der Waals surface area contributed by atoms with Gasteiger partial charge in [0.05, 0.1) is 0 Å². The van der Waals surface area contributed by atoms with Crippen LogP contribution in [0.25, 0.3) is 44.5 Å². The normalized spacial score (nSPS) is 30.1. The molecular formula is C64H63N. The van der Waals surface area contributed by atoms with Crippen LogP contribution in [0.1, 0.15) is 101 Å². The first-order valence-corrected chi connectivity index (χ1v) is 25.4. The van der Waals surface area contributed by atoms with Crippen LogP contribution in [0.5, 0.6) is 0 Å². The third-order valence-electron chi connectivity index (χ3n) is 18.4. The van der Waals surface area contributed by atoms with Crippen LogP contribution in [-0.2, 0) is 10.8 Å². The van der Waals surface area contributed by atoms with E-state index in [2.05, 4.69) is 196 Å². The summed E-state index contributed by atoms with van der Waals surface area (Å²) >= 11 is 0. The molecular weight excluding hydrogens is 783 g/mol. The Hall–Kier alpha value is -5.66. The van der Waals surface area contributed by atoms with E-state index in [4.69, 9.17) is 0 Å². The van der Waals surface area contributed by atoms with Gasteiger partial charge in [-0.3, -0.25) is 0 Å². The molecule has 0 heterocycles. The van der Waals surface area contributed by atoms with Gasteiger partial charge in [-0.05, 0) is 208 Å². The van der Waals surface area contributed by atoms with E-state index < -0.39 is 0 Å². The van der Waals surface area contributed by atoms with Crippen molar-refractivity contribution in [3.63, 3.8) is 0 Å². The Bertz CT molecular complexity index is 2760. The van der Waals surface area contributed by atoms with E-state index in [0.29, 0.717) is 23.7 Å². The minimum Gasteiger partial charge on any atom is -0.310 e. The quantitative estimate of drug-likeness (QED) is 0.167. The second kappa shape index (κ2) is 14.9. The molecule has 0 N–H and O–H groups in total. The van der Waals surface area contributed by atoms with Crippen LogP contribution in [0.15, 0.2) is 164 Å². The topological polar surface area (TPSA) is 3.24 Å². The standard InChI is InChI=1S/C64H63N/c1-40-27-44-31-42(3)63(50(29-40)33-44)59-21-13-11-19-55(59)57-38-52(23-25-61(57)63)65(54-36-48(46-15-7-5-8-16-46)35-49(37-54)47-17-9-6-10-18-47)53-24-26-62-58(39-53)56-20-12-14-22-60(56)64(62)43(4)32-45-28-41(2)30-51(64)34-45/h5-26,35-45,50-51H,27-34H2,1-4H3/t40-,41-,42+,43+,44?,45?,50-,51-,63-,64+/m1/s1. The molecule has 1 heteroatoms. The van der Waals surface area contributed by atoms with E-state index in [-0.39, 0.29) is 10.8 Å². The molecule has 324 valence electrons. The molecule has 4 saturated carbocycles. The fraction of sp³-hybridized carbons (Fsp3) is 0.344. The lowest BCUT2D eigenvalue weighted by Crippen LogP contribution is -2.49. The molecule has 1 nitrogen and oxygen atoms in total. The molecule has 7 aromatic rings. The van der Waals surface area contributed by atoms with Gasteiger partial charge >= 0.3 is 0 Å². The Morgan fingerprint density at radius 1 is 0.338 bits per heavy atom. The lowest BCUT2D eigenvalue weighted by atomic mass is 9.49. The van der Waals surface area contributed by atoms with Crippen molar-refractivity contribution in [2.45, 2.75) is 89.9 Å². The highest BCUT2D eigenvalue weighted by atomic mass is 15.1. The smallest absolute Gasteiger partial charge is 0.0473 e. The molecule has 0 saturated heterocycles. The summed E-state index contributed by atoms with van der Waals surface area (Å²) in [5.74, 6) is 5.84. The summed E-state index contributed by atoms with van der Waals surface area (Å²) in [4.78, 5) is 2.62. The molecule has 4 bridgehead atoms. The van der Waals surface area contributed by atoms with Gasteiger partial charge in [0, 0.05) is 27.9 Å². The summed E-state index contributed by atoms with van der Waals surface area (Å²) in [6.07, 6.45) is 10.8. The van der Waals surface area contributed by atoms with Gasteiger partial charge in [-0.1, -0.05) is 149 Å². The lowest BCUT2D eigenvalue weighted by molar-refractivity contribution is 0.0425. The Balaban J connectivity index is 1.04. The van der Waals surface area contributed by atoms with Gasteiger partial charge in [0.15, 0.2) is 0 Å². The van der Waals surface area contributed by atoms with Crippen molar-refractivity contribution < 1.29 is 0 Å². The summed E-state index contributed by atoms with van der Waals surface area (Å²) in [6, 6.07) is 63.8. The van der Waals surface area contributed by atoms with E-state index in [9.17, 15) is 0 Å². The number of nitrogens with zero attached hydrogens (tertiary/aromatic N) is 1. The summed E-state index contributed by atoms with van der Waals surface area (Å²) < 4.78 is 0. The summed E-state index contributed by atoms with van der Waals surface area (Å²) in [7, 11) is 0. The predicted octanol–water partition coefficient (Wildman–Crippen LogP) is 17.2. The first kappa shape index (κ1) is 39.7. The molecule has 65 heavy (non-hydrogen) atoms. The summed E-state index contributed by atoms with van der Waals surface area (Å²) in [6.45, 7) is 10.2. The van der Waals surface area contributed by atoms with Crippen LogP contribution in [0.2, 0.25) is 0 Å². The zero-order valence-electron chi connectivity index (χ0n) is 38.8. The van der Waals surface area contributed by atoms with Crippen LogP contribution in [0, 0.1) is 47.3 Å². The highest BCUT2D eigenvalue weighted by Gasteiger charge is 2.58. The van der Waals surface area contributed by atoms with Crippen molar-refractivity contribution in [3.05, 3.63) is 186 Å². The van der Waals surface area contributed by atoms with E-state index in [1.54, 1.807) is 22.3 Å². The Morgan fingerprint density at radius 2 is 0.754 bits per heavy atom. The molecule has 10 atom stereocenters. The molecule has 4 fully saturated rings. The molecule has 2 unspecified atom stereocenters. The van der Waals surface area contributed by atoms with Gasteiger partial charge in [-0.2, -0.15) is 0 Å². The predicted molar refractivity (Wildman–Crippen MR) is 272 cm³/mol. The maximum Gasteiger partial charge on any atom is 0.0473 e. The van der Waals surface area contributed by atoms with Crippen molar-refractivity contribution >= 4 is 17.1 Å². The van der Waals surface area contributed by atoms with Crippen molar-refractivity contribution in [2.75, 3.05) is 4.90 Å². The number of rotatable bonds is 5. The molecule has 0 aromatic heterocycles. The van der Waals surface area contributed by atoms with Gasteiger partial charge in [0.25, 0.3) is 0 Å². The molecule has 0 aliphatic heterocycles. The number of hydrogen-bond donors (Lipinski definition) is 0. The number of hydrogen-bond acceptors (Lipinski definition) is 1. The first-order valence-electron chi connectivity index (χ1n) is 25.4. The van der Waals surface area contributed by atoms with Gasteiger partial charge in [0.1, 0.15) is 0 Å². The minimum absolute atomic E-state index is 0.0616. The zero-order chi connectivity index (χ0) is 43.6. The van der Waals surface area contributed by atoms with Crippen LogP contribution < -0.4 is 4.90 Å². The Morgan fingerprint density at radius 3 is 1.22 bits per heavy atom. The fourth-order valence-corrected chi connectivity index (χ4v) is 16.5. The maximum absolute atomic E-state index is 2.62. The maximum atomic E-state index is 2.62. The first-order chi connectivity index (χ1) is 31.8. The second-order valence-corrected chi connectivity index (χ2v) is 22.1. The average molecular weight is 846 g/mol. The van der Waals surface area contributed by atoms with Crippen LogP contribution in [0.3, 0.4) is 0 Å². The van der Waals surface area contributed by atoms with Crippen molar-refractivity contribution in [1.29, 1.82) is 0 Å². The molecule has 13 rings (SSSR count). The van der Waals surface area contributed by atoms with Gasteiger partial charge in [-0.25, -0.2) is 0 Å². The van der Waals surface area contributed by atoms with Crippen molar-refractivity contribution in [1.82, 2.24) is 0 Å². The SMILES string of the molecule is C[C@@H]1CC2C[C@@H](C1)[C@@]1(c3ccccc3-c3cc(N(c4cc(-c5ccccc5)cc(-c5ccccc5)c4)c4ccc5c(c4)-c4ccccc4[C@]54[C@H]5CC(C[C@@H](C)C5)C[C@@H]4C)ccc31)[C@@H](C)C2. The molecule has 7 aromatic carbocycles. The van der Waals surface area contributed by atoms with Crippen LogP contribution >= 0.6 is 0 Å². The molecule has 6 aliphatic rings. The van der Waals surface area contributed by atoms with Crippen LogP contribution in [-0.4, -0.2) is 0 Å². The van der Waals surface area contributed by atoms with E-state index in [1.165, 1.54) is 113 Å².